The fraction of sp³-hybridized carbons (Fsp3) is 1.00. The molecular formula is C8H17NO. The topological polar surface area (TPSA) is 32.3 Å². The van der Waals surface area contributed by atoms with Crippen LogP contribution in [0.1, 0.15) is 32.6 Å². The van der Waals surface area contributed by atoms with Crippen LogP contribution in [0.2, 0.25) is 0 Å². The average molecular weight is 143 g/mol. The van der Waals surface area contributed by atoms with E-state index < -0.39 is 0 Å². The quantitative estimate of drug-likeness (QED) is 0.613. The molecule has 1 rings (SSSR count). The van der Waals surface area contributed by atoms with Gasteiger partial charge in [0.1, 0.15) is 0 Å². The van der Waals surface area contributed by atoms with Crippen LogP contribution in [0.3, 0.4) is 0 Å². The van der Waals surface area contributed by atoms with Crippen molar-refractivity contribution >= 4 is 0 Å². The second-order valence-electron chi connectivity index (χ2n) is 3.08. The lowest BCUT2D eigenvalue weighted by Crippen LogP contribution is -2.43. The van der Waals surface area contributed by atoms with Crippen molar-refractivity contribution in [1.82, 2.24) is 5.32 Å². The Morgan fingerprint density at radius 1 is 1.60 bits per heavy atom. The highest BCUT2D eigenvalue weighted by Crippen LogP contribution is 2.18. The van der Waals surface area contributed by atoms with Crippen LogP contribution in [-0.4, -0.2) is 23.8 Å². The normalized spacial score (nSPS) is 22.2. The Morgan fingerprint density at radius 2 is 2.30 bits per heavy atom. The maximum Gasteiger partial charge on any atom is 0.0584 e. The lowest BCUT2D eigenvalue weighted by atomic mass is 9.92. The third-order valence-electron chi connectivity index (χ3n) is 2.29. The molecule has 2 nitrogen and oxygen atoms in total. The Kier molecular flexibility index (Phi) is 3.16. The van der Waals surface area contributed by atoms with E-state index in [1.165, 1.54) is 19.3 Å². The van der Waals surface area contributed by atoms with Gasteiger partial charge in [0.2, 0.25) is 0 Å². The van der Waals surface area contributed by atoms with Crippen molar-refractivity contribution in [2.45, 2.75) is 44.7 Å². The Labute approximate surface area is 62.6 Å². The molecule has 0 spiro atoms. The van der Waals surface area contributed by atoms with E-state index in [9.17, 15) is 0 Å². The first-order chi connectivity index (χ1) is 4.86. The molecule has 0 aromatic heterocycles. The van der Waals surface area contributed by atoms with E-state index in [4.69, 9.17) is 5.11 Å². The number of aliphatic hydroxyl groups is 1. The minimum atomic E-state index is 0.285. The van der Waals surface area contributed by atoms with Gasteiger partial charge < -0.3 is 10.4 Å². The predicted molar refractivity (Wildman–Crippen MR) is 41.9 cm³/mol. The maximum absolute atomic E-state index is 8.83. The Bertz CT molecular complexity index is 87.3. The molecule has 0 aromatic carbocycles. The van der Waals surface area contributed by atoms with E-state index in [1.54, 1.807) is 0 Å². The summed E-state index contributed by atoms with van der Waals surface area (Å²) in [5.74, 6) is 0. The van der Waals surface area contributed by atoms with E-state index in [0.717, 1.165) is 6.42 Å². The molecule has 0 saturated heterocycles. The van der Waals surface area contributed by atoms with Gasteiger partial charge in [-0.15, -0.1) is 0 Å². The second kappa shape index (κ2) is 3.94. The van der Waals surface area contributed by atoms with Crippen LogP contribution in [0.5, 0.6) is 0 Å². The third kappa shape index (κ3) is 1.96. The molecule has 1 aliphatic carbocycles. The first-order valence-corrected chi connectivity index (χ1v) is 4.23. The van der Waals surface area contributed by atoms with Gasteiger partial charge in [-0.05, 0) is 19.3 Å². The van der Waals surface area contributed by atoms with Crippen molar-refractivity contribution in [2.75, 3.05) is 6.61 Å². The monoisotopic (exact) mass is 143 g/mol. The van der Waals surface area contributed by atoms with Crippen LogP contribution in [-0.2, 0) is 0 Å². The minimum absolute atomic E-state index is 0.285. The van der Waals surface area contributed by atoms with Gasteiger partial charge in [-0.3, -0.25) is 0 Å². The highest BCUT2D eigenvalue weighted by molar-refractivity contribution is 4.79. The molecule has 2 N–H and O–H groups in total. The summed E-state index contributed by atoms with van der Waals surface area (Å²) in [5.41, 5.74) is 0. The molecule has 60 valence electrons. The zero-order valence-corrected chi connectivity index (χ0v) is 6.64. The predicted octanol–water partition coefficient (Wildman–Crippen LogP) is 0.899. The van der Waals surface area contributed by atoms with Gasteiger partial charge in [0.15, 0.2) is 0 Å². The van der Waals surface area contributed by atoms with Crippen molar-refractivity contribution in [3.8, 4) is 0 Å². The van der Waals surface area contributed by atoms with Gasteiger partial charge in [0.25, 0.3) is 0 Å². The van der Waals surface area contributed by atoms with Gasteiger partial charge in [-0.2, -0.15) is 0 Å². The van der Waals surface area contributed by atoms with Gasteiger partial charge in [0.05, 0.1) is 6.61 Å². The van der Waals surface area contributed by atoms with Crippen LogP contribution in [0.4, 0.5) is 0 Å². The largest absolute Gasteiger partial charge is 0.395 e. The summed E-state index contributed by atoms with van der Waals surface area (Å²) in [6.07, 6.45) is 5.00. The Hall–Kier alpha value is -0.0800. The maximum atomic E-state index is 8.83. The molecule has 0 aliphatic heterocycles. The van der Waals surface area contributed by atoms with Gasteiger partial charge in [-0.1, -0.05) is 13.3 Å². The smallest absolute Gasteiger partial charge is 0.0584 e. The van der Waals surface area contributed by atoms with Crippen LogP contribution in [0.25, 0.3) is 0 Å². The molecule has 0 heterocycles. The van der Waals surface area contributed by atoms with Crippen molar-refractivity contribution in [3.63, 3.8) is 0 Å². The number of aliphatic hydroxyl groups excluding tert-OH is 1. The van der Waals surface area contributed by atoms with Gasteiger partial charge in [0, 0.05) is 12.1 Å². The molecular weight excluding hydrogens is 126 g/mol. The highest BCUT2D eigenvalue weighted by atomic mass is 16.3. The van der Waals surface area contributed by atoms with Crippen LogP contribution in [0.15, 0.2) is 0 Å². The number of nitrogens with one attached hydrogen (secondary N) is 1. The van der Waals surface area contributed by atoms with Crippen LogP contribution in [0, 0.1) is 0 Å². The van der Waals surface area contributed by atoms with Gasteiger partial charge >= 0.3 is 0 Å². The SMILES string of the molecule is CCC(CO)NC1CCC1. The lowest BCUT2D eigenvalue weighted by Gasteiger charge is -2.30. The van der Waals surface area contributed by atoms with E-state index >= 15 is 0 Å². The zero-order valence-electron chi connectivity index (χ0n) is 6.64. The summed E-state index contributed by atoms with van der Waals surface area (Å²) in [5, 5.41) is 12.2. The molecule has 2 heteroatoms. The summed E-state index contributed by atoms with van der Waals surface area (Å²) in [6, 6.07) is 1.04. The molecule has 1 atom stereocenters. The zero-order chi connectivity index (χ0) is 7.40. The minimum Gasteiger partial charge on any atom is -0.395 e. The van der Waals surface area contributed by atoms with Crippen molar-refractivity contribution in [3.05, 3.63) is 0 Å². The van der Waals surface area contributed by atoms with Crippen LogP contribution >= 0.6 is 0 Å². The summed E-state index contributed by atoms with van der Waals surface area (Å²) < 4.78 is 0. The number of hydrogen-bond acceptors (Lipinski definition) is 2. The molecule has 1 aliphatic rings. The van der Waals surface area contributed by atoms with E-state index in [0.29, 0.717) is 12.1 Å². The standard InChI is InChI=1S/C8H17NO/c1-2-7(6-10)9-8-4-3-5-8/h7-10H,2-6H2,1H3. The van der Waals surface area contributed by atoms with E-state index in [2.05, 4.69) is 12.2 Å². The summed E-state index contributed by atoms with van der Waals surface area (Å²) in [6.45, 7) is 2.39. The second-order valence-corrected chi connectivity index (χ2v) is 3.08. The van der Waals surface area contributed by atoms with Crippen molar-refractivity contribution in [2.24, 2.45) is 0 Å². The first kappa shape index (κ1) is 8.02. The average Bonchev–Trinajstić information content (AvgIpc) is 1.87. The Balaban J connectivity index is 2.08. The van der Waals surface area contributed by atoms with E-state index in [1.807, 2.05) is 0 Å². The molecule has 10 heavy (non-hydrogen) atoms. The summed E-state index contributed by atoms with van der Waals surface area (Å²) in [4.78, 5) is 0. The molecule has 0 radical (unpaired) electrons. The molecule has 0 aromatic rings. The van der Waals surface area contributed by atoms with Crippen LogP contribution < -0.4 is 5.32 Å². The molecule has 1 fully saturated rings. The number of rotatable bonds is 4. The van der Waals surface area contributed by atoms with Gasteiger partial charge in [-0.25, -0.2) is 0 Å². The molecule has 1 saturated carbocycles. The summed E-state index contributed by atoms with van der Waals surface area (Å²) in [7, 11) is 0. The van der Waals surface area contributed by atoms with E-state index in [-0.39, 0.29) is 6.61 Å². The fourth-order valence-corrected chi connectivity index (χ4v) is 1.21. The van der Waals surface area contributed by atoms with Crippen molar-refractivity contribution in [1.29, 1.82) is 0 Å². The third-order valence-corrected chi connectivity index (χ3v) is 2.29. The fourth-order valence-electron chi connectivity index (χ4n) is 1.21. The lowest BCUT2D eigenvalue weighted by molar-refractivity contribution is 0.204. The molecule has 0 bridgehead atoms. The molecule has 0 amide bonds. The first-order valence-electron chi connectivity index (χ1n) is 4.23. The summed E-state index contributed by atoms with van der Waals surface area (Å²) >= 11 is 0. The highest BCUT2D eigenvalue weighted by Gasteiger charge is 2.19. The molecule has 1 unspecified atom stereocenters. The Morgan fingerprint density at radius 3 is 2.60 bits per heavy atom. The number of hydrogen-bond donors (Lipinski definition) is 2. The van der Waals surface area contributed by atoms with Crippen molar-refractivity contribution < 1.29 is 5.11 Å².